The Labute approximate surface area is 420 Å². The average molecular weight is 926 g/mol. The number of benzene rings is 8. The van der Waals surface area contributed by atoms with Crippen molar-refractivity contribution < 1.29 is 4.42 Å². The van der Waals surface area contributed by atoms with Gasteiger partial charge in [0.15, 0.2) is 7.28 Å². The van der Waals surface area contributed by atoms with E-state index in [9.17, 15) is 0 Å². The van der Waals surface area contributed by atoms with Crippen molar-refractivity contribution in [3.8, 4) is 16.8 Å². The van der Waals surface area contributed by atoms with Crippen molar-refractivity contribution in [2.24, 2.45) is 0 Å². The summed E-state index contributed by atoms with van der Waals surface area (Å²) in [5.74, 6) is 0. The SMILES string of the molecule is Cc1ccc(Nc2cc3oc4cc5c(cc4c3cc2-c2cc(N(c3ccccc3)c3ccccc3)c3c4cc6c(cc4n4c3c2Bc2cc(C)ccc2-4)C(C)(C)CCC6(C)C)C(C)(C)CCC5(C)C)cc1. The Balaban J connectivity index is 1.21. The highest BCUT2D eigenvalue weighted by atomic mass is 16.3. The van der Waals surface area contributed by atoms with E-state index in [0.717, 1.165) is 77.8 Å². The lowest BCUT2D eigenvalue weighted by Crippen LogP contribution is -2.37. The van der Waals surface area contributed by atoms with Crippen LogP contribution in [0.1, 0.15) is 114 Å². The van der Waals surface area contributed by atoms with Crippen LogP contribution in [0.5, 0.6) is 0 Å². The highest BCUT2D eigenvalue weighted by molar-refractivity contribution is 6.73. The van der Waals surface area contributed by atoms with Crippen molar-refractivity contribution in [2.75, 3.05) is 10.2 Å². The molecule has 13 rings (SSSR count). The van der Waals surface area contributed by atoms with Crippen LogP contribution in [0.4, 0.5) is 28.4 Å². The zero-order chi connectivity index (χ0) is 48.9. The van der Waals surface area contributed by atoms with E-state index in [0.29, 0.717) is 0 Å². The molecule has 2 aromatic heterocycles. The monoisotopic (exact) mass is 926 g/mol. The summed E-state index contributed by atoms with van der Waals surface area (Å²) in [5, 5.41) is 8.92. The molecule has 1 aliphatic heterocycles. The number of aryl methyl sites for hydroxylation is 2. The first-order valence-corrected chi connectivity index (χ1v) is 26.0. The molecule has 3 aliphatic rings. The van der Waals surface area contributed by atoms with E-state index in [-0.39, 0.29) is 21.7 Å². The van der Waals surface area contributed by atoms with Gasteiger partial charge in [-0.05, 0) is 173 Å². The van der Waals surface area contributed by atoms with Gasteiger partial charge in [0.2, 0.25) is 0 Å². The minimum atomic E-state index is 0.0354. The molecule has 0 saturated carbocycles. The molecule has 0 atom stereocenters. The third kappa shape index (κ3) is 6.78. The van der Waals surface area contributed by atoms with Gasteiger partial charge in [0.05, 0.1) is 22.4 Å². The summed E-state index contributed by atoms with van der Waals surface area (Å²) in [6.45, 7) is 23.9. The van der Waals surface area contributed by atoms with Crippen molar-refractivity contribution >= 4 is 90.4 Å². The normalized spacial score (nSPS) is 16.9. The summed E-state index contributed by atoms with van der Waals surface area (Å²) in [6, 6.07) is 55.3. The Hall–Kier alpha value is -6.98. The van der Waals surface area contributed by atoms with Gasteiger partial charge >= 0.3 is 0 Å². The highest BCUT2D eigenvalue weighted by Crippen LogP contribution is 2.53. The summed E-state index contributed by atoms with van der Waals surface area (Å²) in [7, 11) is 0.803. The number of nitrogens with zero attached hydrogens (tertiary/aromatic N) is 2. The van der Waals surface area contributed by atoms with Crippen LogP contribution in [-0.2, 0) is 21.7 Å². The molecule has 8 aromatic carbocycles. The van der Waals surface area contributed by atoms with Crippen LogP contribution in [-0.4, -0.2) is 11.8 Å². The Bertz CT molecular complexity index is 3790. The van der Waals surface area contributed by atoms with Crippen molar-refractivity contribution in [1.29, 1.82) is 0 Å². The van der Waals surface area contributed by atoms with Gasteiger partial charge in [-0.2, -0.15) is 0 Å². The zero-order valence-corrected chi connectivity index (χ0v) is 43.2. The van der Waals surface area contributed by atoms with Crippen LogP contribution in [0.3, 0.4) is 0 Å². The molecule has 352 valence electrons. The van der Waals surface area contributed by atoms with Gasteiger partial charge in [-0.1, -0.05) is 133 Å². The summed E-state index contributed by atoms with van der Waals surface area (Å²) in [5.41, 5.74) is 24.8. The number of anilines is 5. The molecule has 0 amide bonds. The first-order valence-electron chi connectivity index (χ1n) is 26.0. The quantitative estimate of drug-likeness (QED) is 0.169. The van der Waals surface area contributed by atoms with E-state index in [1.54, 1.807) is 0 Å². The molecule has 4 nitrogen and oxygen atoms in total. The van der Waals surface area contributed by atoms with Gasteiger partial charge in [0.25, 0.3) is 0 Å². The predicted octanol–water partition coefficient (Wildman–Crippen LogP) is 16.6. The molecule has 3 heterocycles. The van der Waals surface area contributed by atoms with Gasteiger partial charge in [0, 0.05) is 55.9 Å². The van der Waals surface area contributed by atoms with Crippen LogP contribution < -0.4 is 21.1 Å². The minimum absolute atomic E-state index is 0.0354. The Morgan fingerprint density at radius 2 is 1.06 bits per heavy atom. The molecule has 5 heteroatoms. The Morgan fingerprint density at radius 3 is 1.68 bits per heavy atom. The molecule has 0 fully saturated rings. The Morgan fingerprint density at radius 1 is 0.521 bits per heavy atom. The molecule has 1 N–H and O–H groups in total. The maximum absolute atomic E-state index is 7.03. The molecule has 0 radical (unpaired) electrons. The maximum atomic E-state index is 7.03. The predicted molar refractivity (Wildman–Crippen MR) is 304 cm³/mol. The number of furan rings is 1. The lowest BCUT2D eigenvalue weighted by molar-refractivity contribution is 0.332. The number of hydrogen-bond donors (Lipinski definition) is 1. The van der Waals surface area contributed by atoms with Gasteiger partial charge in [-0.15, -0.1) is 0 Å². The fourth-order valence-electron chi connectivity index (χ4n) is 13.0. The molecule has 71 heavy (non-hydrogen) atoms. The lowest BCUT2D eigenvalue weighted by Gasteiger charge is -2.42. The van der Waals surface area contributed by atoms with E-state index >= 15 is 0 Å². The number of para-hydroxylation sites is 2. The van der Waals surface area contributed by atoms with Crippen LogP contribution in [0.15, 0.2) is 150 Å². The van der Waals surface area contributed by atoms with Crippen molar-refractivity contribution in [3.05, 3.63) is 179 Å². The molecule has 2 aliphatic carbocycles. The van der Waals surface area contributed by atoms with Crippen molar-refractivity contribution in [2.45, 2.75) is 117 Å². The van der Waals surface area contributed by atoms with Crippen LogP contribution in [0, 0.1) is 13.8 Å². The van der Waals surface area contributed by atoms with Gasteiger partial charge in [-0.25, -0.2) is 0 Å². The van der Waals surface area contributed by atoms with E-state index < -0.39 is 0 Å². The maximum Gasteiger partial charge on any atom is 0.198 e. The topological polar surface area (TPSA) is 33.3 Å². The molecule has 0 bridgehead atoms. The van der Waals surface area contributed by atoms with Crippen LogP contribution in [0.25, 0.3) is 60.6 Å². The number of fused-ring (bicyclic) bond motifs is 10. The number of rotatable bonds is 6. The van der Waals surface area contributed by atoms with E-state index in [4.69, 9.17) is 4.42 Å². The summed E-state index contributed by atoms with van der Waals surface area (Å²) in [6.07, 6.45) is 4.62. The second-order valence-corrected chi connectivity index (χ2v) is 24.1. The molecule has 0 saturated heterocycles. The Kier molecular flexibility index (Phi) is 9.46. The second-order valence-electron chi connectivity index (χ2n) is 24.1. The smallest absolute Gasteiger partial charge is 0.198 e. The minimum Gasteiger partial charge on any atom is -0.456 e. The molecular weight excluding hydrogens is 862 g/mol. The van der Waals surface area contributed by atoms with Crippen molar-refractivity contribution in [3.63, 3.8) is 0 Å². The third-order valence-electron chi connectivity index (χ3n) is 17.4. The average Bonchev–Trinajstić information content (AvgIpc) is 3.88. The van der Waals surface area contributed by atoms with Crippen LogP contribution in [0.2, 0.25) is 0 Å². The number of hydrogen-bond acceptors (Lipinski definition) is 3. The van der Waals surface area contributed by atoms with Gasteiger partial charge in [-0.3, -0.25) is 0 Å². The van der Waals surface area contributed by atoms with Gasteiger partial charge < -0.3 is 19.2 Å². The highest BCUT2D eigenvalue weighted by Gasteiger charge is 2.41. The largest absolute Gasteiger partial charge is 0.456 e. The van der Waals surface area contributed by atoms with E-state index in [2.05, 4.69) is 230 Å². The molecular formula is C66H64BN3O. The first-order chi connectivity index (χ1) is 34.0. The summed E-state index contributed by atoms with van der Waals surface area (Å²) in [4.78, 5) is 2.51. The van der Waals surface area contributed by atoms with Gasteiger partial charge in [0.1, 0.15) is 11.2 Å². The summed E-state index contributed by atoms with van der Waals surface area (Å²) < 4.78 is 9.69. The fourth-order valence-corrected chi connectivity index (χ4v) is 13.0. The van der Waals surface area contributed by atoms with E-state index in [1.807, 2.05) is 0 Å². The standard InChI is InChI=1S/C66H64BN3O/c1-39-21-24-41(25-22-39)68-54-38-59-45(46-33-49-52(37-58(46)71-59)66(9,10)30-28-63(49,3)4)32-44(54)47-35-57(69(42-17-13-11-14-18-42)43-19-15-12-16-20-43)60-48-34-50-51(65(7,8)29-27-64(50,5)6)36-56(48)70-55-26-23-40(2)31-53(55)67-61(47)62(60)70/h11-26,31-38,67-68H,27-30H2,1-10H3. The summed E-state index contributed by atoms with van der Waals surface area (Å²) >= 11 is 0. The fraction of sp³-hybridized carbons (Fsp3) is 0.273. The first kappa shape index (κ1) is 44.0. The second kappa shape index (κ2) is 15.3. The molecule has 0 unspecified atom stereocenters. The third-order valence-corrected chi connectivity index (χ3v) is 17.4. The van der Waals surface area contributed by atoms with E-state index in [1.165, 1.54) is 88.4 Å². The molecule has 10 aromatic rings. The van der Waals surface area contributed by atoms with Crippen molar-refractivity contribution in [1.82, 2.24) is 4.57 Å². The lowest BCUT2D eigenvalue weighted by atomic mass is 9.58. The molecule has 0 spiro atoms. The number of aromatic nitrogens is 1. The zero-order valence-electron chi connectivity index (χ0n) is 43.2. The number of nitrogens with one attached hydrogen (secondary N) is 1. The van der Waals surface area contributed by atoms with Crippen LogP contribution >= 0.6 is 0 Å².